The molecule has 1 heterocycles. The van der Waals surface area contributed by atoms with E-state index in [1.165, 1.54) is 10.6 Å². The average Bonchev–Trinajstić information content (AvgIpc) is 2.53. The van der Waals surface area contributed by atoms with Gasteiger partial charge >= 0.3 is 5.69 Å². The monoisotopic (exact) mass is 210 g/mol. The molecule has 0 aliphatic rings. The first-order chi connectivity index (χ1) is 7.24. The number of fused-ring (bicyclic) bond motifs is 1. The lowest BCUT2D eigenvalue weighted by molar-refractivity contribution is 0.279. The third kappa shape index (κ3) is 1.66. The predicted molar refractivity (Wildman–Crippen MR) is 54.2 cm³/mol. The highest BCUT2D eigenvalue weighted by atomic mass is 19.1. The van der Waals surface area contributed by atoms with E-state index in [9.17, 15) is 9.18 Å². The number of nitrogens with one attached hydrogen (secondary N) is 1. The van der Waals surface area contributed by atoms with Crippen LogP contribution in [-0.4, -0.2) is 21.3 Å². The van der Waals surface area contributed by atoms with Gasteiger partial charge in [-0.25, -0.2) is 9.18 Å². The Balaban J connectivity index is 2.61. The van der Waals surface area contributed by atoms with Gasteiger partial charge in [-0.2, -0.15) is 0 Å². The Morgan fingerprint density at radius 2 is 2.27 bits per heavy atom. The summed E-state index contributed by atoms with van der Waals surface area (Å²) in [5.41, 5.74) is 0.414. The number of rotatable bonds is 3. The first-order valence-electron chi connectivity index (χ1n) is 4.72. The lowest BCUT2D eigenvalue weighted by Crippen LogP contribution is -2.17. The second-order valence-corrected chi connectivity index (χ2v) is 3.29. The summed E-state index contributed by atoms with van der Waals surface area (Å²) in [6.07, 6.45) is 0.432. The molecule has 0 atom stereocenters. The first kappa shape index (κ1) is 9.92. The van der Waals surface area contributed by atoms with Gasteiger partial charge < -0.3 is 10.1 Å². The number of hydrogen-bond donors (Lipinski definition) is 2. The van der Waals surface area contributed by atoms with Gasteiger partial charge in [-0.15, -0.1) is 0 Å². The van der Waals surface area contributed by atoms with Crippen molar-refractivity contribution in [1.29, 1.82) is 0 Å². The van der Waals surface area contributed by atoms with E-state index < -0.39 is 5.82 Å². The van der Waals surface area contributed by atoms with Gasteiger partial charge in [0, 0.05) is 13.2 Å². The zero-order chi connectivity index (χ0) is 10.8. The van der Waals surface area contributed by atoms with Gasteiger partial charge in [-0.05, 0) is 18.6 Å². The minimum Gasteiger partial charge on any atom is -0.396 e. The molecule has 1 aromatic carbocycles. The summed E-state index contributed by atoms with van der Waals surface area (Å²) >= 11 is 0. The van der Waals surface area contributed by atoms with E-state index in [-0.39, 0.29) is 17.8 Å². The second-order valence-electron chi connectivity index (χ2n) is 3.29. The van der Waals surface area contributed by atoms with Crippen LogP contribution in [0.15, 0.2) is 23.0 Å². The Labute approximate surface area is 85.0 Å². The quantitative estimate of drug-likeness (QED) is 0.789. The minimum absolute atomic E-state index is 0.0203. The van der Waals surface area contributed by atoms with Gasteiger partial charge in [0.05, 0.1) is 5.52 Å². The van der Waals surface area contributed by atoms with E-state index in [1.807, 2.05) is 0 Å². The number of H-pyrrole nitrogens is 1. The summed E-state index contributed by atoms with van der Waals surface area (Å²) in [4.78, 5) is 14.0. The predicted octanol–water partition coefficient (Wildman–Crippen LogP) is 0.851. The number of benzene rings is 1. The van der Waals surface area contributed by atoms with E-state index in [1.54, 1.807) is 12.1 Å². The number of halogens is 1. The van der Waals surface area contributed by atoms with Gasteiger partial charge in [0.25, 0.3) is 0 Å². The van der Waals surface area contributed by atoms with Crippen molar-refractivity contribution in [3.8, 4) is 0 Å². The summed E-state index contributed by atoms with van der Waals surface area (Å²) < 4.78 is 14.8. The van der Waals surface area contributed by atoms with Crippen molar-refractivity contribution in [1.82, 2.24) is 9.55 Å². The highest BCUT2D eigenvalue weighted by Gasteiger charge is 2.09. The van der Waals surface area contributed by atoms with Crippen molar-refractivity contribution in [2.45, 2.75) is 13.0 Å². The summed E-state index contributed by atoms with van der Waals surface area (Å²) in [7, 11) is 0. The molecule has 5 heteroatoms. The highest BCUT2D eigenvalue weighted by Crippen LogP contribution is 2.14. The number of imidazole rings is 1. The molecule has 0 saturated heterocycles. The van der Waals surface area contributed by atoms with Crippen LogP contribution >= 0.6 is 0 Å². The molecule has 80 valence electrons. The molecule has 2 aromatic rings. The molecule has 1 aromatic heterocycles. The van der Waals surface area contributed by atoms with E-state index in [0.717, 1.165) is 0 Å². The molecule has 0 saturated carbocycles. The van der Waals surface area contributed by atoms with Crippen molar-refractivity contribution in [2.75, 3.05) is 6.61 Å². The third-order valence-electron chi connectivity index (χ3n) is 2.28. The molecule has 0 bridgehead atoms. The molecule has 0 unspecified atom stereocenters. The molecular formula is C10H11FN2O2. The number of aromatic amines is 1. The maximum Gasteiger partial charge on any atom is 0.326 e. The molecule has 0 aliphatic heterocycles. The highest BCUT2D eigenvalue weighted by molar-refractivity contribution is 5.75. The second kappa shape index (κ2) is 3.86. The van der Waals surface area contributed by atoms with Crippen molar-refractivity contribution in [3.05, 3.63) is 34.5 Å². The molecule has 2 rings (SSSR count). The maximum absolute atomic E-state index is 13.4. The molecule has 0 radical (unpaired) electrons. The van der Waals surface area contributed by atoms with Crippen molar-refractivity contribution in [3.63, 3.8) is 0 Å². The van der Waals surface area contributed by atoms with Crippen LogP contribution in [0.2, 0.25) is 0 Å². The van der Waals surface area contributed by atoms with Gasteiger partial charge in [-0.1, -0.05) is 6.07 Å². The van der Waals surface area contributed by atoms with Gasteiger partial charge in [0.15, 0.2) is 0 Å². The van der Waals surface area contributed by atoms with Gasteiger partial charge in [0.2, 0.25) is 0 Å². The summed E-state index contributed by atoms with van der Waals surface area (Å²) in [5.74, 6) is -0.427. The fourth-order valence-corrected chi connectivity index (χ4v) is 1.62. The number of aliphatic hydroxyl groups excluding tert-OH is 1. The number of aromatic nitrogens is 2. The summed E-state index contributed by atoms with van der Waals surface area (Å²) in [5, 5.41) is 8.68. The van der Waals surface area contributed by atoms with Crippen LogP contribution in [0.3, 0.4) is 0 Å². The topological polar surface area (TPSA) is 58.0 Å². The molecule has 2 N–H and O–H groups in total. The van der Waals surface area contributed by atoms with E-state index in [2.05, 4.69) is 4.98 Å². The Kier molecular flexibility index (Phi) is 2.55. The Morgan fingerprint density at radius 3 is 3.00 bits per heavy atom. The maximum atomic E-state index is 13.4. The van der Waals surface area contributed by atoms with Crippen LogP contribution in [0.4, 0.5) is 4.39 Å². The Bertz CT molecular complexity index is 530. The van der Waals surface area contributed by atoms with Crippen LogP contribution < -0.4 is 5.69 Å². The molecule has 4 nitrogen and oxygen atoms in total. The fourth-order valence-electron chi connectivity index (χ4n) is 1.62. The summed E-state index contributed by atoms with van der Waals surface area (Å²) in [6.45, 7) is 0.295. The molecule has 0 fully saturated rings. The van der Waals surface area contributed by atoms with Crippen molar-refractivity contribution < 1.29 is 9.50 Å². The minimum atomic E-state index is -0.427. The largest absolute Gasteiger partial charge is 0.396 e. The standard InChI is InChI=1S/C10H11FN2O2/c11-7-3-1-4-8-9(7)13(5-2-6-14)10(15)12-8/h1,3-4,14H,2,5-6H2,(H,12,15). The van der Waals surface area contributed by atoms with Crippen LogP contribution in [0.1, 0.15) is 6.42 Å². The van der Waals surface area contributed by atoms with Crippen molar-refractivity contribution >= 4 is 11.0 Å². The average molecular weight is 210 g/mol. The summed E-state index contributed by atoms with van der Waals surface area (Å²) in [6, 6.07) is 4.50. The van der Waals surface area contributed by atoms with Crippen molar-refractivity contribution in [2.24, 2.45) is 0 Å². The van der Waals surface area contributed by atoms with E-state index in [0.29, 0.717) is 18.5 Å². The van der Waals surface area contributed by atoms with Crippen LogP contribution in [0.5, 0.6) is 0 Å². The molecule has 0 amide bonds. The molecule has 0 spiro atoms. The number of nitrogens with zero attached hydrogens (tertiary/aromatic N) is 1. The zero-order valence-electron chi connectivity index (χ0n) is 8.03. The number of hydrogen-bond acceptors (Lipinski definition) is 2. The molecule has 0 aliphatic carbocycles. The van der Waals surface area contributed by atoms with Gasteiger partial charge in [0.1, 0.15) is 11.3 Å². The normalized spacial score (nSPS) is 11.1. The fraction of sp³-hybridized carbons (Fsp3) is 0.300. The molecule has 15 heavy (non-hydrogen) atoms. The van der Waals surface area contributed by atoms with E-state index >= 15 is 0 Å². The Morgan fingerprint density at radius 1 is 1.47 bits per heavy atom. The first-order valence-corrected chi connectivity index (χ1v) is 4.72. The van der Waals surface area contributed by atoms with Crippen LogP contribution in [-0.2, 0) is 6.54 Å². The van der Waals surface area contributed by atoms with Crippen LogP contribution in [0.25, 0.3) is 11.0 Å². The van der Waals surface area contributed by atoms with Crippen LogP contribution in [0, 0.1) is 5.82 Å². The number of aryl methyl sites for hydroxylation is 1. The smallest absolute Gasteiger partial charge is 0.326 e. The SMILES string of the molecule is O=c1[nH]c2cccc(F)c2n1CCCO. The lowest BCUT2D eigenvalue weighted by Gasteiger charge is -2.01. The Hall–Kier alpha value is -1.62. The van der Waals surface area contributed by atoms with E-state index in [4.69, 9.17) is 5.11 Å². The lowest BCUT2D eigenvalue weighted by atomic mass is 10.3. The van der Waals surface area contributed by atoms with Gasteiger partial charge in [-0.3, -0.25) is 4.57 Å². The molecular weight excluding hydrogens is 199 g/mol. The zero-order valence-corrected chi connectivity index (χ0v) is 8.03. The number of para-hydroxylation sites is 1. The third-order valence-corrected chi connectivity index (χ3v) is 2.28. The number of aliphatic hydroxyl groups is 1.